The van der Waals surface area contributed by atoms with Gasteiger partial charge in [-0.05, 0) is 31.2 Å². The smallest absolute Gasteiger partial charge is 0.378 e. The number of hydrogen-bond donors (Lipinski definition) is 1. The van der Waals surface area contributed by atoms with E-state index >= 15 is 0 Å². The molecule has 0 atom stereocenters. The summed E-state index contributed by atoms with van der Waals surface area (Å²) in [6.45, 7) is 2.11. The van der Waals surface area contributed by atoms with Crippen molar-refractivity contribution in [2.45, 2.75) is 19.6 Å². The highest BCUT2D eigenvalue weighted by Gasteiger charge is 2.30. The SMILES string of the molecule is Cc1nccc(CNc2ccc(C(F)(F)F)cc2Cl)n1. The normalized spacial score (nSPS) is 11.4. The topological polar surface area (TPSA) is 37.8 Å². The number of nitrogens with zero attached hydrogens (tertiary/aromatic N) is 2. The van der Waals surface area contributed by atoms with Gasteiger partial charge in [-0.2, -0.15) is 13.2 Å². The van der Waals surface area contributed by atoms with Crippen LogP contribution in [0.2, 0.25) is 5.02 Å². The summed E-state index contributed by atoms with van der Waals surface area (Å²) in [6.07, 6.45) is -2.78. The van der Waals surface area contributed by atoms with Gasteiger partial charge in [0.2, 0.25) is 0 Å². The molecular weight excluding hydrogens is 291 g/mol. The number of aryl methyl sites for hydroxylation is 1. The zero-order valence-corrected chi connectivity index (χ0v) is 11.3. The second kappa shape index (κ2) is 5.66. The standard InChI is InChI=1S/C13H11ClF3N3/c1-8-18-5-4-10(20-8)7-19-12-3-2-9(6-11(12)14)13(15,16)17/h2-6,19H,7H2,1H3. The van der Waals surface area contributed by atoms with Crippen molar-refractivity contribution in [2.75, 3.05) is 5.32 Å². The molecule has 0 unspecified atom stereocenters. The molecule has 1 N–H and O–H groups in total. The molecular formula is C13H11ClF3N3. The van der Waals surface area contributed by atoms with Crippen LogP contribution in [0.1, 0.15) is 17.1 Å². The van der Waals surface area contributed by atoms with Crippen LogP contribution >= 0.6 is 11.6 Å². The van der Waals surface area contributed by atoms with Crippen LogP contribution in [-0.2, 0) is 12.7 Å². The Hall–Kier alpha value is -1.82. The van der Waals surface area contributed by atoms with Crippen molar-refractivity contribution in [2.24, 2.45) is 0 Å². The first-order valence-corrected chi connectivity index (χ1v) is 6.13. The molecule has 0 saturated carbocycles. The summed E-state index contributed by atoms with van der Waals surface area (Å²) in [4.78, 5) is 8.14. The van der Waals surface area contributed by atoms with E-state index in [-0.39, 0.29) is 5.02 Å². The predicted molar refractivity (Wildman–Crippen MR) is 70.5 cm³/mol. The Kier molecular flexibility index (Phi) is 4.13. The summed E-state index contributed by atoms with van der Waals surface area (Å²) in [5, 5.41) is 2.96. The fourth-order valence-corrected chi connectivity index (χ4v) is 1.87. The third-order valence-corrected chi connectivity index (χ3v) is 2.90. The summed E-state index contributed by atoms with van der Waals surface area (Å²) in [7, 11) is 0. The summed E-state index contributed by atoms with van der Waals surface area (Å²) in [5.74, 6) is 0.628. The Balaban J connectivity index is 2.11. The van der Waals surface area contributed by atoms with E-state index in [2.05, 4.69) is 15.3 Å². The second-order valence-corrected chi connectivity index (χ2v) is 4.55. The molecule has 1 aromatic heterocycles. The van der Waals surface area contributed by atoms with Crippen LogP contribution in [0.4, 0.5) is 18.9 Å². The lowest BCUT2D eigenvalue weighted by Gasteiger charge is -2.11. The van der Waals surface area contributed by atoms with Gasteiger partial charge in [-0.25, -0.2) is 9.97 Å². The van der Waals surface area contributed by atoms with E-state index in [9.17, 15) is 13.2 Å². The Labute approximate surface area is 118 Å². The minimum Gasteiger partial charge on any atom is -0.378 e. The van der Waals surface area contributed by atoms with E-state index in [0.717, 1.165) is 17.8 Å². The van der Waals surface area contributed by atoms with Crippen molar-refractivity contribution in [1.82, 2.24) is 9.97 Å². The molecule has 1 aromatic carbocycles. The summed E-state index contributed by atoms with van der Waals surface area (Å²) >= 11 is 5.84. The molecule has 0 bridgehead atoms. The Morgan fingerprint density at radius 1 is 1.25 bits per heavy atom. The van der Waals surface area contributed by atoms with Gasteiger partial charge in [-0.3, -0.25) is 0 Å². The molecule has 0 aliphatic heterocycles. The summed E-state index contributed by atoms with van der Waals surface area (Å²) < 4.78 is 37.5. The number of benzene rings is 1. The van der Waals surface area contributed by atoms with Gasteiger partial charge in [0.1, 0.15) is 5.82 Å². The summed E-state index contributed by atoms with van der Waals surface area (Å²) in [6, 6.07) is 4.91. The molecule has 0 radical (unpaired) electrons. The van der Waals surface area contributed by atoms with Crippen LogP contribution in [0.5, 0.6) is 0 Å². The first kappa shape index (κ1) is 14.6. The molecule has 7 heteroatoms. The number of anilines is 1. The minimum atomic E-state index is -4.40. The first-order chi connectivity index (χ1) is 9.36. The third-order valence-electron chi connectivity index (χ3n) is 2.59. The van der Waals surface area contributed by atoms with Crippen molar-refractivity contribution < 1.29 is 13.2 Å². The molecule has 0 fully saturated rings. The maximum Gasteiger partial charge on any atom is 0.416 e. The summed E-state index contributed by atoms with van der Waals surface area (Å²) in [5.41, 5.74) is 0.385. The van der Waals surface area contributed by atoms with E-state index in [1.807, 2.05) is 0 Å². The lowest BCUT2D eigenvalue weighted by molar-refractivity contribution is -0.137. The number of nitrogens with one attached hydrogen (secondary N) is 1. The number of aromatic nitrogens is 2. The van der Waals surface area contributed by atoms with Crippen molar-refractivity contribution in [3.8, 4) is 0 Å². The Morgan fingerprint density at radius 2 is 2.00 bits per heavy atom. The van der Waals surface area contributed by atoms with Crippen LogP contribution in [0.25, 0.3) is 0 Å². The number of hydrogen-bond acceptors (Lipinski definition) is 3. The van der Waals surface area contributed by atoms with Crippen molar-refractivity contribution in [3.63, 3.8) is 0 Å². The molecule has 2 rings (SSSR count). The van der Waals surface area contributed by atoms with Gasteiger partial charge in [0.05, 0.1) is 28.5 Å². The molecule has 0 aliphatic rings. The largest absolute Gasteiger partial charge is 0.416 e. The van der Waals surface area contributed by atoms with Crippen LogP contribution in [0, 0.1) is 6.92 Å². The second-order valence-electron chi connectivity index (χ2n) is 4.14. The molecule has 2 aromatic rings. The van der Waals surface area contributed by atoms with Crippen LogP contribution in [0.15, 0.2) is 30.5 Å². The lowest BCUT2D eigenvalue weighted by atomic mass is 10.2. The van der Waals surface area contributed by atoms with Crippen LogP contribution in [0.3, 0.4) is 0 Å². The lowest BCUT2D eigenvalue weighted by Crippen LogP contribution is -2.07. The Bertz CT molecular complexity index is 614. The quantitative estimate of drug-likeness (QED) is 0.928. The maximum absolute atomic E-state index is 12.5. The van der Waals surface area contributed by atoms with Gasteiger partial charge in [-0.15, -0.1) is 0 Å². The molecule has 20 heavy (non-hydrogen) atoms. The van der Waals surface area contributed by atoms with E-state index < -0.39 is 11.7 Å². The average molecular weight is 302 g/mol. The third kappa shape index (κ3) is 3.60. The van der Waals surface area contributed by atoms with E-state index in [1.165, 1.54) is 6.07 Å². The predicted octanol–water partition coefficient (Wildman–Crippen LogP) is 4.07. The van der Waals surface area contributed by atoms with Crippen molar-refractivity contribution in [1.29, 1.82) is 0 Å². The number of halogens is 4. The molecule has 106 valence electrons. The average Bonchev–Trinajstić information content (AvgIpc) is 2.36. The molecule has 0 aliphatic carbocycles. The van der Waals surface area contributed by atoms with Gasteiger partial charge >= 0.3 is 6.18 Å². The Morgan fingerprint density at radius 3 is 2.60 bits per heavy atom. The van der Waals surface area contributed by atoms with Crippen LogP contribution < -0.4 is 5.32 Å². The molecule has 0 saturated heterocycles. The zero-order chi connectivity index (χ0) is 14.8. The molecule has 3 nitrogen and oxygen atoms in total. The maximum atomic E-state index is 12.5. The van der Waals surface area contributed by atoms with E-state index in [4.69, 9.17) is 11.6 Å². The fraction of sp³-hybridized carbons (Fsp3) is 0.231. The highest BCUT2D eigenvalue weighted by molar-refractivity contribution is 6.33. The molecule has 1 heterocycles. The number of alkyl halides is 3. The highest BCUT2D eigenvalue weighted by atomic mass is 35.5. The van der Waals surface area contributed by atoms with Gasteiger partial charge in [-0.1, -0.05) is 11.6 Å². The zero-order valence-electron chi connectivity index (χ0n) is 10.5. The van der Waals surface area contributed by atoms with Gasteiger partial charge in [0.15, 0.2) is 0 Å². The van der Waals surface area contributed by atoms with Gasteiger partial charge in [0, 0.05) is 6.20 Å². The highest BCUT2D eigenvalue weighted by Crippen LogP contribution is 2.33. The van der Waals surface area contributed by atoms with Gasteiger partial charge in [0.25, 0.3) is 0 Å². The van der Waals surface area contributed by atoms with Crippen molar-refractivity contribution >= 4 is 17.3 Å². The number of rotatable bonds is 3. The monoisotopic (exact) mass is 301 g/mol. The van der Waals surface area contributed by atoms with Gasteiger partial charge < -0.3 is 5.32 Å². The first-order valence-electron chi connectivity index (χ1n) is 5.75. The van der Waals surface area contributed by atoms with E-state index in [1.54, 1.807) is 19.2 Å². The van der Waals surface area contributed by atoms with E-state index in [0.29, 0.717) is 18.1 Å². The molecule has 0 amide bonds. The van der Waals surface area contributed by atoms with Crippen molar-refractivity contribution in [3.05, 3.63) is 52.6 Å². The van der Waals surface area contributed by atoms with Crippen LogP contribution in [-0.4, -0.2) is 9.97 Å². The molecule has 0 spiro atoms. The minimum absolute atomic E-state index is 0.0191. The fourth-order valence-electron chi connectivity index (χ4n) is 1.62.